The molecule has 0 atom stereocenters. The molecule has 0 saturated carbocycles. The molecular formula is C12H16N2O3. The highest BCUT2D eigenvalue weighted by Crippen LogP contribution is 2.23. The molecule has 1 aliphatic heterocycles. The third kappa shape index (κ3) is 2.24. The molecule has 17 heavy (non-hydrogen) atoms. The van der Waals surface area contributed by atoms with Crippen LogP contribution < -0.4 is 0 Å². The number of carbonyl (C=O) groups excluding carboxylic acids is 1. The average Bonchev–Trinajstić information content (AvgIpc) is 2.28. The summed E-state index contributed by atoms with van der Waals surface area (Å²) in [5.41, 5.74) is -0.276. The zero-order chi connectivity index (χ0) is 12.5. The Morgan fingerprint density at radius 3 is 3.00 bits per heavy atom. The van der Waals surface area contributed by atoms with Crippen molar-refractivity contribution in [1.82, 2.24) is 9.88 Å². The molecule has 92 valence electrons. The van der Waals surface area contributed by atoms with E-state index in [1.165, 1.54) is 12.3 Å². The molecule has 1 aromatic heterocycles. The van der Waals surface area contributed by atoms with Gasteiger partial charge in [-0.25, -0.2) is 4.98 Å². The van der Waals surface area contributed by atoms with Crippen LogP contribution in [0.5, 0.6) is 5.75 Å². The van der Waals surface area contributed by atoms with E-state index < -0.39 is 0 Å². The molecule has 0 aliphatic carbocycles. The highest BCUT2D eigenvalue weighted by atomic mass is 16.5. The van der Waals surface area contributed by atoms with Gasteiger partial charge in [0.1, 0.15) is 5.75 Å². The van der Waals surface area contributed by atoms with Gasteiger partial charge in [-0.1, -0.05) is 0 Å². The van der Waals surface area contributed by atoms with Crippen LogP contribution in [0, 0.1) is 0 Å². The van der Waals surface area contributed by atoms with Gasteiger partial charge in [0.25, 0.3) is 5.91 Å². The van der Waals surface area contributed by atoms with Crippen molar-refractivity contribution in [3.8, 4) is 5.75 Å². The van der Waals surface area contributed by atoms with E-state index in [9.17, 15) is 9.90 Å². The van der Waals surface area contributed by atoms with E-state index in [-0.39, 0.29) is 22.9 Å². The third-order valence-electron chi connectivity index (χ3n) is 2.88. The monoisotopic (exact) mass is 236 g/mol. The largest absolute Gasteiger partial charge is 0.505 e. The van der Waals surface area contributed by atoms with Gasteiger partial charge < -0.3 is 14.7 Å². The molecule has 5 nitrogen and oxygen atoms in total. The Morgan fingerprint density at radius 1 is 1.59 bits per heavy atom. The van der Waals surface area contributed by atoms with E-state index in [0.29, 0.717) is 19.8 Å². The Bertz CT molecular complexity index is 432. The summed E-state index contributed by atoms with van der Waals surface area (Å²) >= 11 is 0. The summed E-state index contributed by atoms with van der Waals surface area (Å²) in [6, 6.07) is 3.06. The van der Waals surface area contributed by atoms with E-state index in [1.54, 1.807) is 11.0 Å². The maximum Gasteiger partial charge on any atom is 0.276 e. The summed E-state index contributed by atoms with van der Waals surface area (Å²) in [4.78, 5) is 17.9. The van der Waals surface area contributed by atoms with Gasteiger partial charge in [-0.05, 0) is 26.0 Å². The summed E-state index contributed by atoms with van der Waals surface area (Å²) in [5, 5.41) is 9.64. The smallest absolute Gasteiger partial charge is 0.276 e. The van der Waals surface area contributed by atoms with E-state index in [0.717, 1.165) is 0 Å². The summed E-state index contributed by atoms with van der Waals surface area (Å²) in [5.74, 6) is -0.337. The lowest BCUT2D eigenvalue weighted by Gasteiger charge is -2.41. The molecule has 2 heterocycles. The molecule has 5 heteroatoms. The lowest BCUT2D eigenvalue weighted by atomic mass is 10.0. The molecule has 1 aromatic rings. The number of hydrogen-bond donors (Lipinski definition) is 1. The number of carbonyl (C=O) groups is 1. The van der Waals surface area contributed by atoms with Gasteiger partial charge in [-0.3, -0.25) is 4.79 Å². The summed E-state index contributed by atoms with van der Waals surface area (Å²) < 4.78 is 5.35. The second kappa shape index (κ2) is 4.33. The Hall–Kier alpha value is -1.62. The van der Waals surface area contributed by atoms with Crippen LogP contribution in [-0.4, -0.2) is 46.2 Å². The third-order valence-corrected chi connectivity index (χ3v) is 2.88. The van der Waals surface area contributed by atoms with Crippen molar-refractivity contribution < 1.29 is 14.6 Å². The van der Waals surface area contributed by atoms with Crippen molar-refractivity contribution >= 4 is 5.91 Å². The Balaban J connectivity index is 2.28. The van der Waals surface area contributed by atoms with E-state index in [1.807, 2.05) is 13.8 Å². The first kappa shape index (κ1) is 11.9. The Kier molecular flexibility index (Phi) is 3.02. The van der Waals surface area contributed by atoms with Gasteiger partial charge in [0, 0.05) is 12.7 Å². The SMILES string of the molecule is CC1(C)COCCN1C(=O)c1ncccc1O. The minimum Gasteiger partial charge on any atom is -0.505 e. The Labute approximate surface area is 100 Å². The number of hydrogen-bond acceptors (Lipinski definition) is 4. The molecule has 2 rings (SSSR count). The van der Waals surface area contributed by atoms with Gasteiger partial charge in [0.15, 0.2) is 5.69 Å². The van der Waals surface area contributed by atoms with Crippen LogP contribution in [0.2, 0.25) is 0 Å². The van der Waals surface area contributed by atoms with Crippen molar-refractivity contribution in [2.45, 2.75) is 19.4 Å². The fourth-order valence-electron chi connectivity index (χ4n) is 1.92. The van der Waals surface area contributed by atoms with Crippen molar-refractivity contribution in [2.24, 2.45) is 0 Å². The zero-order valence-corrected chi connectivity index (χ0v) is 10.0. The molecule has 1 aliphatic rings. The van der Waals surface area contributed by atoms with Gasteiger partial charge in [0.2, 0.25) is 0 Å². The van der Waals surface area contributed by atoms with Gasteiger partial charge in [-0.2, -0.15) is 0 Å². The molecule has 0 unspecified atom stereocenters. The van der Waals surface area contributed by atoms with Crippen LogP contribution in [0.25, 0.3) is 0 Å². The second-order valence-electron chi connectivity index (χ2n) is 4.69. The summed E-state index contributed by atoms with van der Waals surface area (Å²) in [6.45, 7) is 5.39. The predicted molar refractivity (Wildman–Crippen MR) is 61.8 cm³/mol. The minimum atomic E-state index is -0.376. The molecule has 0 radical (unpaired) electrons. The van der Waals surface area contributed by atoms with E-state index >= 15 is 0 Å². The standard InChI is InChI=1S/C12H16N2O3/c1-12(2)8-17-7-6-14(12)11(16)10-9(15)4-3-5-13-10/h3-5,15H,6-8H2,1-2H3. The molecule has 0 bridgehead atoms. The van der Waals surface area contributed by atoms with Crippen molar-refractivity contribution in [3.05, 3.63) is 24.0 Å². The van der Waals surface area contributed by atoms with Crippen LogP contribution in [0.15, 0.2) is 18.3 Å². The van der Waals surface area contributed by atoms with Crippen LogP contribution in [0.3, 0.4) is 0 Å². The fourth-order valence-corrected chi connectivity index (χ4v) is 1.92. The van der Waals surface area contributed by atoms with Gasteiger partial charge >= 0.3 is 0 Å². The lowest BCUT2D eigenvalue weighted by Crippen LogP contribution is -2.55. The number of morpholine rings is 1. The summed E-state index contributed by atoms with van der Waals surface area (Å²) in [7, 11) is 0. The zero-order valence-electron chi connectivity index (χ0n) is 10.0. The maximum absolute atomic E-state index is 12.3. The average molecular weight is 236 g/mol. The second-order valence-corrected chi connectivity index (χ2v) is 4.69. The first-order valence-corrected chi connectivity index (χ1v) is 5.56. The number of ether oxygens (including phenoxy) is 1. The molecule has 0 aromatic carbocycles. The van der Waals surface area contributed by atoms with E-state index in [4.69, 9.17) is 4.74 Å². The first-order valence-electron chi connectivity index (χ1n) is 5.56. The normalized spacial score (nSPS) is 19.1. The highest BCUT2D eigenvalue weighted by Gasteiger charge is 2.35. The van der Waals surface area contributed by atoms with Gasteiger partial charge in [-0.15, -0.1) is 0 Å². The van der Waals surface area contributed by atoms with Crippen LogP contribution in [-0.2, 0) is 4.74 Å². The molecule has 1 N–H and O–H groups in total. The summed E-state index contributed by atoms with van der Waals surface area (Å²) in [6.07, 6.45) is 1.50. The molecule has 1 fully saturated rings. The highest BCUT2D eigenvalue weighted by molar-refractivity contribution is 5.95. The van der Waals surface area contributed by atoms with Crippen LogP contribution in [0.1, 0.15) is 24.3 Å². The van der Waals surface area contributed by atoms with Crippen LogP contribution >= 0.6 is 0 Å². The molecule has 1 saturated heterocycles. The first-order chi connectivity index (χ1) is 8.02. The van der Waals surface area contributed by atoms with Crippen LogP contribution in [0.4, 0.5) is 0 Å². The number of nitrogens with zero attached hydrogens (tertiary/aromatic N) is 2. The predicted octanol–water partition coefficient (Wildman–Crippen LogP) is 1.04. The minimum absolute atomic E-state index is 0.0835. The fraction of sp³-hybridized carbons (Fsp3) is 0.500. The number of amides is 1. The number of rotatable bonds is 1. The number of aromatic nitrogens is 1. The lowest BCUT2D eigenvalue weighted by molar-refractivity contribution is -0.0374. The maximum atomic E-state index is 12.3. The number of aromatic hydroxyl groups is 1. The van der Waals surface area contributed by atoms with Crippen molar-refractivity contribution in [2.75, 3.05) is 19.8 Å². The quantitative estimate of drug-likeness (QED) is 0.791. The van der Waals surface area contributed by atoms with Crippen molar-refractivity contribution in [3.63, 3.8) is 0 Å². The molecular weight excluding hydrogens is 220 g/mol. The van der Waals surface area contributed by atoms with Crippen molar-refractivity contribution in [1.29, 1.82) is 0 Å². The Morgan fingerprint density at radius 2 is 2.35 bits per heavy atom. The topological polar surface area (TPSA) is 62.7 Å². The number of pyridine rings is 1. The molecule has 0 spiro atoms. The van der Waals surface area contributed by atoms with Gasteiger partial charge in [0.05, 0.1) is 18.8 Å². The van der Waals surface area contributed by atoms with E-state index in [2.05, 4.69) is 4.98 Å². The molecule has 1 amide bonds.